The number of hydrogen-bond acceptors (Lipinski definition) is 5. The molecule has 2 aromatic carbocycles. The van der Waals surface area contributed by atoms with Gasteiger partial charge in [-0.3, -0.25) is 10.1 Å². The number of nitrogens with one attached hydrogen (secondary N) is 2. The molecule has 3 aromatic rings. The van der Waals surface area contributed by atoms with Crippen LogP contribution < -0.4 is 10.6 Å². The molecular formula is C16H13ClN4OS. The van der Waals surface area contributed by atoms with Crippen LogP contribution in [0.2, 0.25) is 5.02 Å². The standard InChI is InChI=1S/C16H13ClN4OS/c17-12-8-4-5-9-13(12)18-10-14(22)19-16-21-20-15(23-16)11-6-2-1-3-7-11/h1-9,18H,10H2,(H,19,21,22). The van der Waals surface area contributed by atoms with Crippen LogP contribution in [-0.4, -0.2) is 22.6 Å². The van der Waals surface area contributed by atoms with Gasteiger partial charge in [0.15, 0.2) is 0 Å². The molecule has 1 aromatic heterocycles. The highest BCUT2D eigenvalue weighted by Crippen LogP contribution is 2.26. The predicted octanol–water partition coefficient (Wildman–Crippen LogP) is 3.91. The molecule has 0 aliphatic heterocycles. The Balaban J connectivity index is 1.58. The number of carbonyl (C=O) groups excluding carboxylic acids is 1. The van der Waals surface area contributed by atoms with E-state index in [-0.39, 0.29) is 12.5 Å². The summed E-state index contributed by atoms with van der Waals surface area (Å²) in [5.41, 5.74) is 1.69. The van der Waals surface area contributed by atoms with E-state index in [4.69, 9.17) is 11.6 Å². The fourth-order valence-corrected chi connectivity index (χ4v) is 2.88. The minimum absolute atomic E-state index is 0.101. The number of amides is 1. The molecule has 5 nitrogen and oxygen atoms in total. The number of benzene rings is 2. The van der Waals surface area contributed by atoms with Gasteiger partial charge in [0.05, 0.1) is 17.3 Å². The van der Waals surface area contributed by atoms with Crippen molar-refractivity contribution in [2.75, 3.05) is 17.2 Å². The molecule has 0 radical (unpaired) electrons. The molecule has 0 aliphatic rings. The number of carbonyl (C=O) groups is 1. The van der Waals surface area contributed by atoms with E-state index in [9.17, 15) is 4.79 Å². The van der Waals surface area contributed by atoms with Crippen molar-refractivity contribution in [1.82, 2.24) is 10.2 Å². The Labute approximate surface area is 142 Å². The maximum atomic E-state index is 12.0. The van der Waals surface area contributed by atoms with E-state index in [2.05, 4.69) is 20.8 Å². The molecule has 116 valence electrons. The van der Waals surface area contributed by atoms with Gasteiger partial charge in [-0.2, -0.15) is 0 Å². The monoisotopic (exact) mass is 344 g/mol. The van der Waals surface area contributed by atoms with Crippen LogP contribution in [0, 0.1) is 0 Å². The number of nitrogens with zero attached hydrogens (tertiary/aromatic N) is 2. The lowest BCUT2D eigenvalue weighted by Crippen LogP contribution is -2.21. The molecule has 0 saturated heterocycles. The third-order valence-corrected chi connectivity index (χ3v) is 4.22. The van der Waals surface area contributed by atoms with Crippen molar-refractivity contribution in [2.45, 2.75) is 0 Å². The fourth-order valence-electron chi connectivity index (χ4n) is 1.91. The summed E-state index contributed by atoms with van der Waals surface area (Å²) >= 11 is 7.36. The molecule has 2 N–H and O–H groups in total. The minimum Gasteiger partial charge on any atom is -0.375 e. The molecule has 0 bridgehead atoms. The van der Waals surface area contributed by atoms with Crippen molar-refractivity contribution in [3.8, 4) is 10.6 Å². The van der Waals surface area contributed by atoms with Crippen molar-refractivity contribution in [1.29, 1.82) is 0 Å². The Morgan fingerprint density at radius 1 is 1.04 bits per heavy atom. The van der Waals surface area contributed by atoms with Crippen LogP contribution in [-0.2, 0) is 4.79 Å². The van der Waals surface area contributed by atoms with E-state index in [0.717, 1.165) is 10.6 Å². The average molecular weight is 345 g/mol. The molecule has 0 saturated carbocycles. The second-order valence-corrected chi connectivity index (χ2v) is 6.04. The van der Waals surface area contributed by atoms with Crippen molar-refractivity contribution >= 4 is 39.7 Å². The van der Waals surface area contributed by atoms with E-state index in [1.54, 1.807) is 6.07 Å². The first kappa shape index (κ1) is 15.5. The number of para-hydroxylation sites is 1. The summed E-state index contributed by atoms with van der Waals surface area (Å²) in [4.78, 5) is 12.0. The number of aromatic nitrogens is 2. The van der Waals surface area contributed by atoms with Crippen LogP contribution in [0.25, 0.3) is 10.6 Å². The first-order valence-corrected chi connectivity index (χ1v) is 8.09. The summed E-state index contributed by atoms with van der Waals surface area (Å²) < 4.78 is 0. The molecular weight excluding hydrogens is 332 g/mol. The minimum atomic E-state index is -0.208. The second kappa shape index (κ2) is 7.21. The molecule has 1 heterocycles. The summed E-state index contributed by atoms with van der Waals surface area (Å²) in [6.45, 7) is 0.101. The Hall–Kier alpha value is -2.44. The Bertz CT molecular complexity index is 807. The topological polar surface area (TPSA) is 66.9 Å². The molecule has 3 rings (SSSR count). The van der Waals surface area contributed by atoms with Gasteiger partial charge in [-0.05, 0) is 12.1 Å². The maximum Gasteiger partial charge on any atom is 0.245 e. The van der Waals surface area contributed by atoms with E-state index < -0.39 is 0 Å². The van der Waals surface area contributed by atoms with Crippen LogP contribution in [0.5, 0.6) is 0 Å². The van der Waals surface area contributed by atoms with Gasteiger partial charge in [-0.1, -0.05) is 65.4 Å². The Kier molecular flexibility index (Phi) is 4.85. The van der Waals surface area contributed by atoms with E-state index >= 15 is 0 Å². The van der Waals surface area contributed by atoms with Gasteiger partial charge in [0.1, 0.15) is 5.01 Å². The van der Waals surface area contributed by atoms with Gasteiger partial charge in [0, 0.05) is 5.56 Å². The van der Waals surface area contributed by atoms with Crippen LogP contribution >= 0.6 is 22.9 Å². The lowest BCUT2D eigenvalue weighted by molar-refractivity contribution is -0.114. The molecule has 0 spiro atoms. The van der Waals surface area contributed by atoms with Crippen LogP contribution in [0.15, 0.2) is 54.6 Å². The molecule has 0 aliphatic carbocycles. The quantitative estimate of drug-likeness (QED) is 0.736. The van der Waals surface area contributed by atoms with Crippen LogP contribution in [0.1, 0.15) is 0 Å². The number of hydrogen-bond donors (Lipinski definition) is 2. The zero-order valence-electron chi connectivity index (χ0n) is 12.0. The highest BCUT2D eigenvalue weighted by molar-refractivity contribution is 7.18. The average Bonchev–Trinajstić information content (AvgIpc) is 3.03. The molecule has 0 atom stereocenters. The summed E-state index contributed by atoms with van der Waals surface area (Å²) in [6, 6.07) is 17.0. The van der Waals surface area contributed by atoms with Gasteiger partial charge in [0.2, 0.25) is 11.0 Å². The van der Waals surface area contributed by atoms with Gasteiger partial charge in [-0.25, -0.2) is 0 Å². The Morgan fingerprint density at radius 3 is 2.57 bits per heavy atom. The first-order valence-electron chi connectivity index (χ1n) is 6.89. The zero-order chi connectivity index (χ0) is 16.1. The van der Waals surface area contributed by atoms with Gasteiger partial charge >= 0.3 is 0 Å². The van der Waals surface area contributed by atoms with Crippen LogP contribution in [0.3, 0.4) is 0 Å². The first-order chi connectivity index (χ1) is 11.2. The third kappa shape index (κ3) is 4.06. The zero-order valence-corrected chi connectivity index (χ0v) is 13.6. The molecule has 7 heteroatoms. The molecule has 0 fully saturated rings. The van der Waals surface area contributed by atoms with E-state index in [0.29, 0.717) is 15.8 Å². The van der Waals surface area contributed by atoms with E-state index in [1.807, 2.05) is 48.5 Å². The predicted molar refractivity (Wildman–Crippen MR) is 93.9 cm³/mol. The smallest absolute Gasteiger partial charge is 0.245 e. The maximum absolute atomic E-state index is 12.0. The van der Waals surface area contributed by atoms with Gasteiger partial charge in [-0.15, -0.1) is 10.2 Å². The number of rotatable bonds is 5. The summed E-state index contributed by atoms with van der Waals surface area (Å²) in [5, 5.41) is 15.6. The number of halogens is 1. The van der Waals surface area contributed by atoms with Crippen LogP contribution in [0.4, 0.5) is 10.8 Å². The molecule has 0 unspecified atom stereocenters. The van der Waals surface area contributed by atoms with Gasteiger partial charge in [0.25, 0.3) is 0 Å². The summed E-state index contributed by atoms with van der Waals surface area (Å²) in [7, 11) is 0. The normalized spacial score (nSPS) is 10.3. The largest absolute Gasteiger partial charge is 0.375 e. The summed E-state index contributed by atoms with van der Waals surface area (Å²) in [6.07, 6.45) is 0. The third-order valence-electron chi connectivity index (χ3n) is 3.01. The SMILES string of the molecule is O=C(CNc1ccccc1Cl)Nc1nnc(-c2ccccc2)s1. The Morgan fingerprint density at radius 2 is 1.78 bits per heavy atom. The van der Waals surface area contributed by atoms with Gasteiger partial charge < -0.3 is 5.32 Å². The lowest BCUT2D eigenvalue weighted by Gasteiger charge is -2.07. The fraction of sp³-hybridized carbons (Fsp3) is 0.0625. The van der Waals surface area contributed by atoms with Crippen molar-refractivity contribution in [3.05, 3.63) is 59.6 Å². The van der Waals surface area contributed by atoms with Crippen molar-refractivity contribution < 1.29 is 4.79 Å². The molecule has 1 amide bonds. The molecule has 23 heavy (non-hydrogen) atoms. The number of anilines is 2. The van der Waals surface area contributed by atoms with Crippen molar-refractivity contribution in [3.63, 3.8) is 0 Å². The lowest BCUT2D eigenvalue weighted by atomic mass is 10.2. The summed E-state index contributed by atoms with van der Waals surface area (Å²) in [5.74, 6) is -0.208. The van der Waals surface area contributed by atoms with E-state index in [1.165, 1.54) is 11.3 Å². The highest BCUT2D eigenvalue weighted by Gasteiger charge is 2.09. The van der Waals surface area contributed by atoms with Crippen molar-refractivity contribution in [2.24, 2.45) is 0 Å². The highest BCUT2D eigenvalue weighted by atomic mass is 35.5. The second-order valence-electron chi connectivity index (χ2n) is 4.66.